The van der Waals surface area contributed by atoms with Gasteiger partial charge in [-0.05, 0) is 43.9 Å². The highest BCUT2D eigenvalue weighted by Gasteiger charge is 2.22. The van der Waals surface area contributed by atoms with Gasteiger partial charge < -0.3 is 28.4 Å². The fraction of sp³-hybridized carbons (Fsp3) is 0.579. The van der Waals surface area contributed by atoms with Crippen molar-refractivity contribution in [1.82, 2.24) is 0 Å². The maximum absolute atomic E-state index is 12.6. The molecule has 0 aliphatic carbocycles. The maximum atomic E-state index is 12.6. The summed E-state index contributed by atoms with van der Waals surface area (Å²) in [6.07, 6.45) is 7.02. The number of esters is 2. The Hall–Kier alpha value is -2.88. The summed E-state index contributed by atoms with van der Waals surface area (Å²) in [4.78, 5) is 25.3. The molecule has 260 valence electrons. The van der Waals surface area contributed by atoms with Crippen LogP contribution in [0.1, 0.15) is 91.9 Å². The number of carbonyl (C=O) groups is 2. The third-order valence-corrected chi connectivity index (χ3v) is 8.08. The first-order valence-corrected chi connectivity index (χ1v) is 18.1. The van der Waals surface area contributed by atoms with Crippen molar-refractivity contribution in [3.05, 3.63) is 46.9 Å². The molecule has 0 aromatic heterocycles. The van der Waals surface area contributed by atoms with Crippen LogP contribution in [0.4, 0.5) is 0 Å². The van der Waals surface area contributed by atoms with Crippen LogP contribution in [0, 0.1) is 0 Å². The fourth-order valence-electron chi connectivity index (χ4n) is 5.21. The molecule has 0 spiro atoms. The predicted octanol–water partition coefficient (Wildman–Crippen LogP) is 9.35. The molecule has 0 N–H and O–H groups in total. The third-order valence-electron chi connectivity index (χ3n) is 7.58. The van der Waals surface area contributed by atoms with Gasteiger partial charge in [-0.2, -0.15) is 0 Å². The van der Waals surface area contributed by atoms with Gasteiger partial charge in [-0.1, -0.05) is 93.6 Å². The van der Waals surface area contributed by atoms with Gasteiger partial charge in [0.1, 0.15) is 24.7 Å². The molecule has 0 heterocycles. The summed E-state index contributed by atoms with van der Waals surface area (Å²) in [5, 5.41) is 3.40. The first-order chi connectivity index (χ1) is 22.9. The van der Waals surface area contributed by atoms with Gasteiger partial charge in [0.25, 0.3) is 0 Å². The van der Waals surface area contributed by atoms with Gasteiger partial charge in [-0.25, -0.2) is 0 Å². The predicted molar refractivity (Wildman–Crippen MR) is 190 cm³/mol. The summed E-state index contributed by atoms with van der Waals surface area (Å²) >= 11 is 3.63. The van der Waals surface area contributed by atoms with Gasteiger partial charge in [0.05, 0.1) is 13.2 Å². The average molecular weight is 718 g/mol. The van der Waals surface area contributed by atoms with Crippen molar-refractivity contribution in [3.63, 3.8) is 0 Å². The minimum Gasteiger partial charge on any atom is -0.488 e. The van der Waals surface area contributed by atoms with Crippen molar-refractivity contribution in [2.75, 3.05) is 39.6 Å². The van der Waals surface area contributed by atoms with Crippen molar-refractivity contribution in [2.45, 2.75) is 104 Å². The number of hydrogen-bond donors (Lipinski definition) is 0. The van der Waals surface area contributed by atoms with Crippen LogP contribution in [0.2, 0.25) is 0 Å². The molecule has 2 unspecified atom stereocenters. The number of halogens is 1. The molecule has 0 radical (unpaired) electrons. The minimum absolute atomic E-state index is 0.139. The van der Waals surface area contributed by atoms with Crippen LogP contribution >= 0.6 is 15.9 Å². The van der Waals surface area contributed by atoms with Crippen LogP contribution in [0.5, 0.6) is 11.5 Å². The molecule has 3 aromatic carbocycles. The molecular formula is C38H53BrO8. The highest BCUT2D eigenvalue weighted by molar-refractivity contribution is 9.10. The van der Waals surface area contributed by atoms with E-state index >= 15 is 0 Å². The Balaban J connectivity index is 1.90. The molecule has 2 atom stereocenters. The molecule has 3 rings (SSSR count). The van der Waals surface area contributed by atoms with Gasteiger partial charge in [0.15, 0.2) is 12.2 Å². The Bertz CT molecular complexity index is 1380. The van der Waals surface area contributed by atoms with E-state index in [9.17, 15) is 9.59 Å². The summed E-state index contributed by atoms with van der Waals surface area (Å²) < 4.78 is 37.2. The number of benzene rings is 3. The van der Waals surface area contributed by atoms with Crippen LogP contribution in [0.3, 0.4) is 0 Å². The SMILES string of the molecule is CCCCCC(=O)OC(COCCC)COc1c2ccccc2c(OCC(COCCC)OC(=O)CCCCC)c2cc(Br)ccc12. The lowest BCUT2D eigenvalue weighted by molar-refractivity contribution is -0.155. The summed E-state index contributed by atoms with van der Waals surface area (Å²) in [7, 11) is 0. The Kier molecular flexibility index (Phi) is 18.0. The lowest BCUT2D eigenvalue weighted by Crippen LogP contribution is -2.30. The second kappa shape index (κ2) is 21.9. The van der Waals surface area contributed by atoms with Crippen LogP contribution in [-0.2, 0) is 28.5 Å². The summed E-state index contributed by atoms with van der Waals surface area (Å²) in [6.45, 7) is 10.2. The number of rotatable bonds is 24. The zero-order valence-corrected chi connectivity index (χ0v) is 30.2. The average Bonchev–Trinajstić information content (AvgIpc) is 3.06. The van der Waals surface area contributed by atoms with Gasteiger partial charge in [0.2, 0.25) is 0 Å². The van der Waals surface area contributed by atoms with Gasteiger partial charge in [-0.15, -0.1) is 0 Å². The largest absolute Gasteiger partial charge is 0.488 e. The van der Waals surface area contributed by atoms with Gasteiger partial charge in [-0.3, -0.25) is 9.59 Å². The first kappa shape index (κ1) is 38.6. The van der Waals surface area contributed by atoms with E-state index in [2.05, 4.69) is 29.8 Å². The van der Waals surface area contributed by atoms with E-state index in [-0.39, 0.29) is 38.4 Å². The van der Waals surface area contributed by atoms with E-state index in [4.69, 9.17) is 28.4 Å². The molecule has 9 heteroatoms. The van der Waals surface area contributed by atoms with Crippen molar-refractivity contribution >= 4 is 49.4 Å². The molecule has 0 amide bonds. The quantitative estimate of drug-likeness (QED) is 0.0515. The third kappa shape index (κ3) is 12.9. The van der Waals surface area contributed by atoms with Crippen molar-refractivity contribution in [2.24, 2.45) is 0 Å². The van der Waals surface area contributed by atoms with E-state index in [1.807, 2.05) is 56.3 Å². The van der Waals surface area contributed by atoms with E-state index < -0.39 is 12.2 Å². The highest BCUT2D eigenvalue weighted by Crippen LogP contribution is 2.44. The second-order valence-corrected chi connectivity index (χ2v) is 12.7. The zero-order chi connectivity index (χ0) is 33.9. The molecule has 0 bridgehead atoms. The molecule has 47 heavy (non-hydrogen) atoms. The van der Waals surface area contributed by atoms with E-state index in [0.717, 1.165) is 77.4 Å². The summed E-state index contributed by atoms with van der Waals surface area (Å²) in [6, 6.07) is 13.8. The Morgan fingerprint density at radius 2 is 1.06 bits per heavy atom. The number of fused-ring (bicyclic) bond motifs is 2. The Labute approximate surface area is 288 Å². The van der Waals surface area contributed by atoms with E-state index in [1.165, 1.54) is 0 Å². The highest BCUT2D eigenvalue weighted by atomic mass is 79.9. The number of hydrogen-bond acceptors (Lipinski definition) is 8. The molecule has 3 aromatic rings. The van der Waals surface area contributed by atoms with Crippen molar-refractivity contribution in [1.29, 1.82) is 0 Å². The van der Waals surface area contributed by atoms with Crippen LogP contribution in [0.25, 0.3) is 21.5 Å². The van der Waals surface area contributed by atoms with Gasteiger partial charge >= 0.3 is 11.9 Å². The van der Waals surface area contributed by atoms with Crippen LogP contribution < -0.4 is 9.47 Å². The Morgan fingerprint density at radius 3 is 1.53 bits per heavy atom. The Morgan fingerprint density at radius 1 is 0.596 bits per heavy atom. The monoisotopic (exact) mass is 716 g/mol. The summed E-state index contributed by atoms with van der Waals surface area (Å²) in [5.41, 5.74) is 0. The molecule has 0 saturated carbocycles. The standard InChI is InChI=1S/C38H53BrO8/c1-5-9-11-17-35(40)46-29(24-42-21-7-3)26-44-37-31-15-13-14-16-32(31)38(34-23-28(39)19-20-33(34)37)45-27-30(25-43-22-8-4)47-36(41)18-12-10-6-2/h13-16,19-20,23,29-30H,5-12,17-18,21-22,24-27H2,1-4H3. The number of carbonyl (C=O) groups excluding carboxylic acids is 2. The maximum Gasteiger partial charge on any atom is 0.306 e. The topological polar surface area (TPSA) is 89.5 Å². The molecule has 8 nitrogen and oxygen atoms in total. The number of unbranched alkanes of at least 4 members (excludes halogenated alkanes) is 4. The van der Waals surface area contributed by atoms with Crippen LogP contribution in [-0.4, -0.2) is 63.8 Å². The zero-order valence-electron chi connectivity index (χ0n) is 28.7. The molecule has 0 aliphatic rings. The van der Waals surface area contributed by atoms with Crippen LogP contribution in [0.15, 0.2) is 46.9 Å². The minimum atomic E-state index is -0.552. The van der Waals surface area contributed by atoms with Crippen molar-refractivity contribution < 1.29 is 38.0 Å². The smallest absolute Gasteiger partial charge is 0.306 e. The molecular weight excluding hydrogens is 664 g/mol. The molecule has 0 fully saturated rings. The fourth-order valence-corrected chi connectivity index (χ4v) is 5.58. The lowest BCUT2D eigenvalue weighted by atomic mass is 10.0. The van der Waals surface area contributed by atoms with E-state index in [0.29, 0.717) is 37.6 Å². The van der Waals surface area contributed by atoms with Crippen molar-refractivity contribution in [3.8, 4) is 11.5 Å². The molecule has 0 aliphatic heterocycles. The lowest BCUT2D eigenvalue weighted by Gasteiger charge is -2.23. The second-order valence-electron chi connectivity index (χ2n) is 11.8. The first-order valence-electron chi connectivity index (χ1n) is 17.4. The normalized spacial score (nSPS) is 12.6. The van der Waals surface area contributed by atoms with E-state index in [1.54, 1.807) is 0 Å². The number of ether oxygens (including phenoxy) is 6. The molecule has 0 saturated heterocycles. The van der Waals surface area contributed by atoms with Gasteiger partial charge in [0, 0.05) is 52.1 Å². The summed E-state index contributed by atoms with van der Waals surface area (Å²) in [5.74, 6) is 0.857.